The fourth-order valence-corrected chi connectivity index (χ4v) is 3.64. The minimum absolute atomic E-state index is 0.179. The Kier molecular flexibility index (Phi) is 5.13. The van der Waals surface area contributed by atoms with Crippen LogP contribution in [0.25, 0.3) is 11.4 Å². The maximum absolute atomic E-state index is 12.7. The normalized spacial score (nSPS) is 16.5. The Bertz CT molecular complexity index is 960. The lowest BCUT2D eigenvalue weighted by molar-refractivity contribution is 0.193. The largest absolute Gasteiger partial charge is 0.337 e. The highest BCUT2D eigenvalue weighted by atomic mass is 79.9. The molecule has 1 N–H and O–H groups in total. The number of likely N-dealkylation sites (tertiary alicyclic amines) is 1. The van der Waals surface area contributed by atoms with E-state index in [1.54, 1.807) is 17.0 Å². The van der Waals surface area contributed by atoms with Gasteiger partial charge >= 0.3 is 6.03 Å². The van der Waals surface area contributed by atoms with Crippen molar-refractivity contribution in [3.05, 3.63) is 63.9 Å². The highest BCUT2D eigenvalue weighted by Crippen LogP contribution is 2.32. The molecule has 1 aromatic heterocycles. The monoisotopic (exact) mass is 446 g/mol. The van der Waals surface area contributed by atoms with E-state index >= 15 is 0 Å². The molecule has 1 aliphatic heterocycles. The average molecular weight is 448 g/mol. The highest BCUT2D eigenvalue weighted by Gasteiger charge is 2.34. The van der Waals surface area contributed by atoms with E-state index in [0.29, 0.717) is 23.3 Å². The summed E-state index contributed by atoms with van der Waals surface area (Å²) in [5.74, 6) is 0.933. The second kappa shape index (κ2) is 7.70. The summed E-state index contributed by atoms with van der Waals surface area (Å²) in [5, 5.41) is 7.62. The van der Waals surface area contributed by atoms with Crippen LogP contribution >= 0.6 is 27.5 Å². The number of benzene rings is 2. The molecule has 1 fully saturated rings. The second-order valence-corrected chi connectivity index (χ2v) is 7.61. The van der Waals surface area contributed by atoms with Crippen molar-refractivity contribution < 1.29 is 9.32 Å². The van der Waals surface area contributed by atoms with Crippen molar-refractivity contribution in [2.45, 2.75) is 18.9 Å². The lowest BCUT2D eigenvalue weighted by Gasteiger charge is -2.22. The highest BCUT2D eigenvalue weighted by molar-refractivity contribution is 9.10. The quantitative estimate of drug-likeness (QED) is 0.574. The van der Waals surface area contributed by atoms with E-state index in [2.05, 4.69) is 31.4 Å². The van der Waals surface area contributed by atoms with Crippen LogP contribution < -0.4 is 5.32 Å². The smallest absolute Gasteiger partial charge is 0.322 e. The van der Waals surface area contributed by atoms with Crippen molar-refractivity contribution in [2.24, 2.45) is 0 Å². The maximum atomic E-state index is 12.7. The van der Waals surface area contributed by atoms with Gasteiger partial charge in [-0.25, -0.2) is 4.79 Å². The Morgan fingerprint density at radius 2 is 2.07 bits per heavy atom. The Morgan fingerprint density at radius 3 is 2.85 bits per heavy atom. The predicted molar refractivity (Wildman–Crippen MR) is 107 cm³/mol. The first-order chi connectivity index (χ1) is 13.1. The van der Waals surface area contributed by atoms with E-state index in [0.717, 1.165) is 28.6 Å². The van der Waals surface area contributed by atoms with Crippen molar-refractivity contribution in [1.82, 2.24) is 15.0 Å². The molecule has 4 rings (SSSR count). The van der Waals surface area contributed by atoms with E-state index < -0.39 is 0 Å². The predicted octanol–water partition coefficient (Wildman–Crippen LogP) is 5.52. The lowest BCUT2D eigenvalue weighted by Crippen LogP contribution is -2.34. The van der Waals surface area contributed by atoms with Gasteiger partial charge in [0, 0.05) is 27.3 Å². The molecule has 6 nitrogen and oxygen atoms in total. The van der Waals surface area contributed by atoms with E-state index in [1.807, 2.05) is 36.4 Å². The van der Waals surface area contributed by atoms with Gasteiger partial charge in [0.25, 0.3) is 0 Å². The minimum atomic E-state index is -0.231. The Morgan fingerprint density at radius 1 is 1.26 bits per heavy atom. The second-order valence-electron chi connectivity index (χ2n) is 6.26. The van der Waals surface area contributed by atoms with Gasteiger partial charge in [0.15, 0.2) is 0 Å². The number of halogens is 2. The molecular formula is C19H16BrClN4O2. The first-order valence-electron chi connectivity index (χ1n) is 8.53. The van der Waals surface area contributed by atoms with Crippen LogP contribution in [-0.2, 0) is 0 Å². The molecule has 3 aromatic rings. The van der Waals surface area contributed by atoms with Gasteiger partial charge in [0.1, 0.15) is 6.04 Å². The first kappa shape index (κ1) is 18.0. The minimum Gasteiger partial charge on any atom is -0.337 e. The molecule has 1 atom stereocenters. The number of nitrogens with one attached hydrogen (secondary N) is 1. The third-order valence-corrected chi connectivity index (χ3v) is 5.16. The van der Waals surface area contributed by atoms with Gasteiger partial charge in [0.2, 0.25) is 11.7 Å². The van der Waals surface area contributed by atoms with Gasteiger partial charge in [-0.3, -0.25) is 0 Å². The molecule has 0 aliphatic carbocycles. The van der Waals surface area contributed by atoms with Gasteiger partial charge in [-0.2, -0.15) is 4.98 Å². The van der Waals surface area contributed by atoms with Crippen LogP contribution in [0.1, 0.15) is 24.8 Å². The molecule has 2 aromatic carbocycles. The molecule has 0 bridgehead atoms. The van der Waals surface area contributed by atoms with Gasteiger partial charge < -0.3 is 14.7 Å². The summed E-state index contributed by atoms with van der Waals surface area (Å²) in [4.78, 5) is 19.0. The summed E-state index contributed by atoms with van der Waals surface area (Å²) in [6, 6.07) is 14.3. The van der Waals surface area contributed by atoms with Crippen LogP contribution in [0, 0.1) is 0 Å². The molecule has 27 heavy (non-hydrogen) atoms. The van der Waals surface area contributed by atoms with Crippen LogP contribution in [0.15, 0.2) is 57.5 Å². The van der Waals surface area contributed by atoms with Crippen LogP contribution in [-0.4, -0.2) is 27.6 Å². The molecule has 0 radical (unpaired) electrons. The van der Waals surface area contributed by atoms with Crippen molar-refractivity contribution in [3.63, 3.8) is 0 Å². The van der Waals surface area contributed by atoms with Gasteiger partial charge in [-0.05, 0) is 55.3 Å². The molecule has 1 aliphatic rings. The summed E-state index contributed by atoms with van der Waals surface area (Å²) >= 11 is 9.33. The summed E-state index contributed by atoms with van der Waals surface area (Å²) in [6.07, 6.45) is 1.67. The molecule has 0 spiro atoms. The first-order valence-corrected chi connectivity index (χ1v) is 9.70. The number of aromatic nitrogens is 2. The zero-order valence-electron chi connectivity index (χ0n) is 14.2. The molecule has 1 saturated heterocycles. The van der Waals surface area contributed by atoms with Crippen LogP contribution in [0.3, 0.4) is 0 Å². The zero-order chi connectivity index (χ0) is 18.8. The number of anilines is 1. The van der Waals surface area contributed by atoms with Crippen molar-refractivity contribution in [1.29, 1.82) is 0 Å². The van der Waals surface area contributed by atoms with Crippen molar-refractivity contribution in [2.75, 3.05) is 11.9 Å². The molecule has 8 heteroatoms. The topological polar surface area (TPSA) is 71.3 Å². The van der Waals surface area contributed by atoms with Crippen LogP contribution in [0.4, 0.5) is 10.5 Å². The molecule has 2 heterocycles. The van der Waals surface area contributed by atoms with Gasteiger partial charge in [-0.1, -0.05) is 38.8 Å². The number of amides is 2. The number of hydrogen-bond donors (Lipinski definition) is 1. The Hall–Kier alpha value is -2.38. The number of rotatable bonds is 3. The molecule has 138 valence electrons. The third-order valence-electron chi connectivity index (χ3n) is 4.42. The third kappa shape index (κ3) is 3.99. The summed E-state index contributed by atoms with van der Waals surface area (Å²) in [7, 11) is 0. The van der Waals surface area contributed by atoms with E-state index in [1.165, 1.54) is 0 Å². The number of carbonyl (C=O) groups excluding carboxylic acids is 1. The van der Waals surface area contributed by atoms with E-state index in [-0.39, 0.29) is 12.1 Å². The SMILES string of the molecule is O=C(Nc1cccc(Br)c1)N1CCCC1c1nc(-c2ccc(Cl)cc2)no1. The fraction of sp³-hybridized carbons (Fsp3) is 0.211. The van der Waals surface area contributed by atoms with Crippen LogP contribution in [0.2, 0.25) is 5.02 Å². The zero-order valence-corrected chi connectivity index (χ0v) is 16.6. The number of nitrogens with zero attached hydrogens (tertiary/aromatic N) is 3. The number of urea groups is 1. The molecular weight excluding hydrogens is 432 g/mol. The van der Waals surface area contributed by atoms with E-state index in [9.17, 15) is 4.79 Å². The average Bonchev–Trinajstić information content (AvgIpc) is 3.31. The standard InChI is InChI=1S/C19H16BrClN4O2/c20-13-3-1-4-15(11-13)22-19(26)25-10-2-5-16(25)18-23-17(24-27-18)12-6-8-14(21)9-7-12/h1,3-4,6-9,11,16H,2,5,10H2,(H,22,26). The van der Waals surface area contributed by atoms with Gasteiger partial charge in [0.05, 0.1) is 0 Å². The molecule has 0 saturated carbocycles. The van der Waals surface area contributed by atoms with Crippen LogP contribution in [0.5, 0.6) is 0 Å². The molecule has 1 unspecified atom stereocenters. The van der Waals surface area contributed by atoms with Crippen molar-refractivity contribution in [3.8, 4) is 11.4 Å². The Balaban J connectivity index is 1.51. The van der Waals surface area contributed by atoms with E-state index in [4.69, 9.17) is 16.1 Å². The lowest BCUT2D eigenvalue weighted by atomic mass is 10.2. The van der Waals surface area contributed by atoms with Gasteiger partial charge in [-0.15, -0.1) is 0 Å². The Labute approximate surface area is 169 Å². The summed E-state index contributed by atoms with van der Waals surface area (Å²) < 4.78 is 6.37. The van der Waals surface area contributed by atoms with Crippen molar-refractivity contribution >= 4 is 39.2 Å². The molecule has 2 amide bonds. The number of hydrogen-bond acceptors (Lipinski definition) is 4. The summed E-state index contributed by atoms with van der Waals surface area (Å²) in [5.41, 5.74) is 1.55. The summed E-state index contributed by atoms with van der Waals surface area (Å²) in [6.45, 7) is 0.642. The fourth-order valence-electron chi connectivity index (χ4n) is 3.11. The maximum Gasteiger partial charge on any atom is 0.322 e. The number of carbonyl (C=O) groups is 1.